The molecule has 0 N–H and O–H groups in total. The summed E-state index contributed by atoms with van der Waals surface area (Å²) in [4.78, 5) is 0. The molecule has 1 atom stereocenters. The van der Waals surface area contributed by atoms with Crippen molar-refractivity contribution in [1.29, 1.82) is 0 Å². The molecule has 1 unspecified atom stereocenters. The van der Waals surface area contributed by atoms with Crippen molar-refractivity contribution in [2.24, 2.45) is 5.10 Å². The van der Waals surface area contributed by atoms with Gasteiger partial charge in [-0.3, -0.25) is 0 Å². The summed E-state index contributed by atoms with van der Waals surface area (Å²) >= 11 is 0. The van der Waals surface area contributed by atoms with E-state index in [0.29, 0.717) is 0 Å². The van der Waals surface area contributed by atoms with Crippen molar-refractivity contribution in [2.75, 3.05) is 14.2 Å². The summed E-state index contributed by atoms with van der Waals surface area (Å²) in [7, 11) is 3.33. The highest BCUT2D eigenvalue weighted by atomic mass is 16.5. The fourth-order valence-corrected chi connectivity index (χ4v) is 4.85. The highest BCUT2D eigenvalue weighted by Crippen LogP contribution is 2.51. The standard InChI is InChI=1S/C23H26N2O3/c1-26-21-11-10-16(14-22(21)27-2)18-15-19-17-8-4-5-9-20(17)28-23(25(19)24-18)12-6-3-7-13-23/h4-5,8-11,14,19H,3,6-7,12-13,15H2,1-2H3. The molecule has 28 heavy (non-hydrogen) atoms. The number of hydrogen-bond acceptors (Lipinski definition) is 5. The van der Waals surface area contributed by atoms with Crippen LogP contribution in [-0.4, -0.2) is 30.7 Å². The first-order valence-corrected chi connectivity index (χ1v) is 10.1. The van der Waals surface area contributed by atoms with Gasteiger partial charge in [-0.15, -0.1) is 0 Å². The zero-order chi connectivity index (χ0) is 19.1. The normalized spacial score (nSPS) is 22.1. The minimum Gasteiger partial charge on any atom is -0.493 e. The Bertz CT molecular complexity index is 918. The number of hydrogen-bond donors (Lipinski definition) is 0. The van der Waals surface area contributed by atoms with Crippen LogP contribution in [0.3, 0.4) is 0 Å². The number of ether oxygens (including phenoxy) is 3. The summed E-state index contributed by atoms with van der Waals surface area (Å²) in [5.74, 6) is 2.49. The Balaban J connectivity index is 1.56. The molecule has 5 nitrogen and oxygen atoms in total. The first-order valence-electron chi connectivity index (χ1n) is 10.1. The Kier molecular flexibility index (Phi) is 4.18. The number of rotatable bonds is 3. The molecule has 2 aliphatic heterocycles. The second kappa shape index (κ2) is 6.73. The highest BCUT2D eigenvalue weighted by molar-refractivity contribution is 6.02. The van der Waals surface area contributed by atoms with E-state index in [1.165, 1.54) is 24.8 Å². The Morgan fingerprint density at radius 2 is 1.79 bits per heavy atom. The fourth-order valence-electron chi connectivity index (χ4n) is 4.85. The van der Waals surface area contributed by atoms with Crippen LogP contribution in [0.5, 0.6) is 17.2 Å². The van der Waals surface area contributed by atoms with E-state index in [1.54, 1.807) is 14.2 Å². The van der Waals surface area contributed by atoms with E-state index >= 15 is 0 Å². The zero-order valence-electron chi connectivity index (χ0n) is 16.5. The molecule has 0 aromatic heterocycles. The maximum absolute atomic E-state index is 6.61. The molecular weight excluding hydrogens is 352 g/mol. The molecule has 0 saturated heterocycles. The number of para-hydroxylation sites is 1. The van der Waals surface area contributed by atoms with Gasteiger partial charge in [0.15, 0.2) is 17.2 Å². The largest absolute Gasteiger partial charge is 0.493 e. The Morgan fingerprint density at radius 1 is 1.00 bits per heavy atom. The SMILES string of the molecule is COc1ccc(C2=NN3C(C2)c2ccccc2OC32CCCCC2)cc1OC. The van der Waals surface area contributed by atoms with Crippen molar-refractivity contribution in [3.63, 3.8) is 0 Å². The van der Waals surface area contributed by atoms with E-state index in [4.69, 9.17) is 19.3 Å². The van der Waals surface area contributed by atoms with Gasteiger partial charge in [0, 0.05) is 30.4 Å². The summed E-state index contributed by atoms with van der Waals surface area (Å²) in [5, 5.41) is 7.38. The third-order valence-electron chi connectivity index (χ3n) is 6.26. The van der Waals surface area contributed by atoms with Crippen molar-refractivity contribution >= 4 is 5.71 Å². The molecule has 0 bridgehead atoms. The molecule has 5 heteroatoms. The van der Waals surface area contributed by atoms with Crippen LogP contribution < -0.4 is 14.2 Å². The Labute approximate surface area is 165 Å². The van der Waals surface area contributed by atoms with Crippen molar-refractivity contribution in [3.8, 4) is 17.2 Å². The van der Waals surface area contributed by atoms with Gasteiger partial charge < -0.3 is 14.2 Å². The molecule has 0 radical (unpaired) electrons. The third-order valence-corrected chi connectivity index (χ3v) is 6.26. The lowest BCUT2D eigenvalue weighted by Gasteiger charge is -2.49. The van der Waals surface area contributed by atoms with Crippen molar-refractivity contribution < 1.29 is 14.2 Å². The topological polar surface area (TPSA) is 43.3 Å². The molecule has 0 amide bonds. The predicted molar refractivity (Wildman–Crippen MR) is 108 cm³/mol. The van der Waals surface area contributed by atoms with Crippen LogP contribution in [0.1, 0.15) is 55.7 Å². The van der Waals surface area contributed by atoms with Gasteiger partial charge in [-0.25, -0.2) is 5.01 Å². The minimum atomic E-state index is -0.310. The van der Waals surface area contributed by atoms with Gasteiger partial charge in [0.05, 0.1) is 26.0 Å². The molecule has 1 aliphatic carbocycles. The highest BCUT2D eigenvalue weighted by Gasteiger charge is 2.50. The molecule has 2 aromatic carbocycles. The first kappa shape index (κ1) is 17.4. The third kappa shape index (κ3) is 2.64. The number of methoxy groups -OCH3 is 2. The minimum absolute atomic E-state index is 0.228. The van der Waals surface area contributed by atoms with Gasteiger partial charge in [0.2, 0.25) is 0 Å². The van der Waals surface area contributed by atoms with Crippen LogP contribution in [0.4, 0.5) is 0 Å². The number of nitrogens with zero attached hydrogens (tertiary/aromatic N) is 2. The molecule has 2 heterocycles. The molecule has 5 rings (SSSR count). The fraction of sp³-hybridized carbons (Fsp3) is 0.435. The lowest BCUT2D eigenvalue weighted by Crippen LogP contribution is -2.54. The summed E-state index contributed by atoms with van der Waals surface area (Å²) in [6, 6.07) is 14.7. The van der Waals surface area contributed by atoms with Gasteiger partial charge in [-0.2, -0.15) is 5.10 Å². The van der Waals surface area contributed by atoms with Gasteiger partial charge in [-0.05, 0) is 37.1 Å². The molecule has 3 aliphatic rings. The smallest absolute Gasteiger partial charge is 0.198 e. The van der Waals surface area contributed by atoms with Crippen LogP contribution in [-0.2, 0) is 0 Å². The number of fused-ring (bicyclic) bond motifs is 4. The van der Waals surface area contributed by atoms with Crippen LogP contribution >= 0.6 is 0 Å². The van der Waals surface area contributed by atoms with Gasteiger partial charge in [0.1, 0.15) is 5.75 Å². The Morgan fingerprint density at radius 3 is 2.57 bits per heavy atom. The van der Waals surface area contributed by atoms with Gasteiger partial charge in [-0.1, -0.05) is 24.6 Å². The second-order valence-electron chi connectivity index (χ2n) is 7.83. The summed E-state index contributed by atoms with van der Waals surface area (Å²) < 4.78 is 17.5. The molecule has 2 aromatic rings. The van der Waals surface area contributed by atoms with E-state index in [0.717, 1.165) is 47.8 Å². The summed E-state index contributed by atoms with van der Waals surface area (Å²) in [5.41, 5.74) is 3.08. The van der Waals surface area contributed by atoms with Crippen LogP contribution in [0.25, 0.3) is 0 Å². The van der Waals surface area contributed by atoms with E-state index in [1.807, 2.05) is 12.1 Å². The Hall–Kier alpha value is -2.69. The van der Waals surface area contributed by atoms with Gasteiger partial charge >= 0.3 is 0 Å². The molecule has 1 spiro atoms. The number of benzene rings is 2. The molecule has 1 fully saturated rings. The van der Waals surface area contributed by atoms with Crippen molar-refractivity contribution in [1.82, 2.24) is 5.01 Å². The zero-order valence-corrected chi connectivity index (χ0v) is 16.5. The quantitative estimate of drug-likeness (QED) is 0.761. The number of hydrazone groups is 1. The van der Waals surface area contributed by atoms with E-state index < -0.39 is 0 Å². The van der Waals surface area contributed by atoms with Crippen LogP contribution in [0, 0.1) is 0 Å². The average Bonchev–Trinajstić information content (AvgIpc) is 3.21. The monoisotopic (exact) mass is 378 g/mol. The second-order valence-corrected chi connectivity index (χ2v) is 7.83. The predicted octanol–water partition coefficient (Wildman–Crippen LogP) is 4.91. The summed E-state index contributed by atoms with van der Waals surface area (Å²) in [6.07, 6.45) is 6.58. The summed E-state index contributed by atoms with van der Waals surface area (Å²) in [6.45, 7) is 0. The van der Waals surface area contributed by atoms with E-state index in [2.05, 4.69) is 35.3 Å². The van der Waals surface area contributed by atoms with Crippen molar-refractivity contribution in [3.05, 3.63) is 53.6 Å². The first-order chi connectivity index (χ1) is 13.7. The van der Waals surface area contributed by atoms with Crippen LogP contribution in [0.2, 0.25) is 0 Å². The molecular formula is C23H26N2O3. The molecule has 1 saturated carbocycles. The maximum atomic E-state index is 6.61. The van der Waals surface area contributed by atoms with Crippen LogP contribution in [0.15, 0.2) is 47.6 Å². The van der Waals surface area contributed by atoms with E-state index in [9.17, 15) is 0 Å². The maximum Gasteiger partial charge on any atom is 0.198 e. The van der Waals surface area contributed by atoms with Crippen molar-refractivity contribution in [2.45, 2.75) is 50.3 Å². The van der Waals surface area contributed by atoms with Gasteiger partial charge in [0.25, 0.3) is 0 Å². The lowest BCUT2D eigenvalue weighted by atomic mass is 9.86. The average molecular weight is 378 g/mol. The van der Waals surface area contributed by atoms with E-state index in [-0.39, 0.29) is 11.8 Å². The molecule has 146 valence electrons. The lowest BCUT2D eigenvalue weighted by molar-refractivity contribution is -0.140.